The van der Waals surface area contributed by atoms with Gasteiger partial charge in [0.15, 0.2) is 17.1 Å². The number of aromatic hydroxyl groups is 2. The van der Waals surface area contributed by atoms with E-state index in [2.05, 4.69) is 0 Å². The molecule has 0 amide bonds. The molecule has 2 unspecified atom stereocenters. The van der Waals surface area contributed by atoms with Crippen molar-refractivity contribution in [2.45, 2.75) is 5.60 Å². The number of esters is 1. The number of carbonyl (C=O) groups excluding carboxylic acids is 1. The lowest BCUT2D eigenvalue weighted by molar-refractivity contribution is 0.0222. The Morgan fingerprint density at radius 1 is 1.00 bits per heavy atom. The molecular formula is C20H14NO8P. The first-order chi connectivity index (χ1) is 14.2. The van der Waals surface area contributed by atoms with Crippen LogP contribution in [0.25, 0.3) is 0 Å². The zero-order valence-corrected chi connectivity index (χ0v) is 16.0. The Hall–Kier alpha value is -3.52. The lowest BCUT2D eigenvalue weighted by Gasteiger charge is -2.37. The molecule has 0 saturated carbocycles. The Morgan fingerprint density at radius 2 is 1.73 bits per heavy atom. The van der Waals surface area contributed by atoms with Gasteiger partial charge in [-0.2, -0.15) is 0 Å². The van der Waals surface area contributed by atoms with Crippen LogP contribution in [-0.2, 0) is 14.9 Å². The first kappa shape index (κ1) is 18.5. The molecule has 3 aromatic rings. The van der Waals surface area contributed by atoms with Gasteiger partial charge in [0.25, 0.3) is 0 Å². The molecule has 5 N–H and O–H groups in total. The van der Waals surface area contributed by atoms with Crippen LogP contribution in [0.15, 0.2) is 54.6 Å². The van der Waals surface area contributed by atoms with Gasteiger partial charge in [0.1, 0.15) is 11.5 Å². The first-order valence-electron chi connectivity index (χ1n) is 8.72. The van der Waals surface area contributed by atoms with E-state index in [1.807, 2.05) is 0 Å². The molecule has 5 rings (SSSR count). The summed E-state index contributed by atoms with van der Waals surface area (Å²) in [4.78, 5) is 22.2. The summed E-state index contributed by atoms with van der Waals surface area (Å²) in [6.45, 7) is 0. The van der Waals surface area contributed by atoms with Gasteiger partial charge < -0.3 is 29.1 Å². The third-order valence-electron chi connectivity index (χ3n) is 5.02. The van der Waals surface area contributed by atoms with Crippen molar-refractivity contribution in [1.82, 2.24) is 0 Å². The second-order valence-electron chi connectivity index (χ2n) is 6.84. The highest BCUT2D eigenvalue weighted by molar-refractivity contribution is 7.50. The number of phenolic OH excluding ortho intramolecular Hbond substituents is 2. The first-order valence-corrected chi connectivity index (χ1v) is 10.4. The van der Waals surface area contributed by atoms with Crippen molar-refractivity contribution in [3.05, 3.63) is 76.9 Å². The number of nitrogens with two attached hydrogens (primary N) is 1. The van der Waals surface area contributed by atoms with Crippen LogP contribution in [0.1, 0.15) is 27.0 Å². The Bertz CT molecular complexity index is 1280. The number of fused-ring (bicyclic) bond motifs is 6. The number of carbonyl (C=O) groups is 1. The Morgan fingerprint density at radius 3 is 2.50 bits per heavy atom. The molecule has 0 aliphatic carbocycles. The molecule has 2 heterocycles. The van der Waals surface area contributed by atoms with E-state index in [1.165, 1.54) is 24.3 Å². The van der Waals surface area contributed by atoms with E-state index in [1.54, 1.807) is 30.3 Å². The number of hydrogen-bond donors (Lipinski definition) is 4. The van der Waals surface area contributed by atoms with Gasteiger partial charge in [0, 0.05) is 17.2 Å². The average Bonchev–Trinajstić information content (AvgIpc) is 2.97. The SMILES string of the molecule is NP(=O)(O)Oc1c(O)ccc2c1Oc1cc(O)ccc1C21OC(=O)c2ccccc21. The highest BCUT2D eigenvalue weighted by Crippen LogP contribution is 2.60. The summed E-state index contributed by atoms with van der Waals surface area (Å²) < 4.78 is 28.3. The minimum atomic E-state index is -4.57. The van der Waals surface area contributed by atoms with Crippen molar-refractivity contribution >= 4 is 13.7 Å². The van der Waals surface area contributed by atoms with E-state index in [-0.39, 0.29) is 22.8 Å². The minimum absolute atomic E-state index is 0.104. The van der Waals surface area contributed by atoms with Crippen molar-refractivity contribution < 1.29 is 38.5 Å². The zero-order chi connectivity index (χ0) is 21.3. The third-order valence-corrected chi connectivity index (χ3v) is 5.47. The Kier molecular flexibility index (Phi) is 3.70. The number of rotatable bonds is 2. The van der Waals surface area contributed by atoms with Crippen LogP contribution < -0.4 is 14.8 Å². The standard InChI is InChI=1S/C20H14NO8P/c21-30(25,26)29-18-15(23)8-7-14-17(18)27-16-9-10(22)5-6-13(16)20(14)12-4-2-1-3-11(12)19(24)28-20/h1-9,22-23H,(H3,21,25,26). The molecule has 152 valence electrons. The van der Waals surface area contributed by atoms with Crippen molar-refractivity contribution in [2.24, 2.45) is 5.50 Å². The summed E-state index contributed by atoms with van der Waals surface area (Å²) in [6.07, 6.45) is 0. The van der Waals surface area contributed by atoms with Gasteiger partial charge >= 0.3 is 13.7 Å². The number of phenols is 2. The molecule has 1 spiro atoms. The van der Waals surface area contributed by atoms with E-state index in [9.17, 15) is 24.5 Å². The van der Waals surface area contributed by atoms with E-state index in [0.29, 0.717) is 16.7 Å². The quantitative estimate of drug-likeness (QED) is 0.357. The maximum Gasteiger partial charge on any atom is 0.453 e. The molecule has 10 heteroatoms. The summed E-state index contributed by atoms with van der Waals surface area (Å²) in [6, 6.07) is 13.7. The van der Waals surface area contributed by atoms with Gasteiger partial charge in [-0.1, -0.05) is 18.2 Å². The summed E-state index contributed by atoms with van der Waals surface area (Å²) >= 11 is 0. The maximum atomic E-state index is 12.7. The number of benzene rings is 3. The summed E-state index contributed by atoms with van der Waals surface area (Å²) in [7, 11) is -4.57. The largest absolute Gasteiger partial charge is 0.508 e. The van der Waals surface area contributed by atoms with Crippen molar-refractivity contribution in [2.75, 3.05) is 0 Å². The molecule has 0 radical (unpaired) electrons. The number of hydrogen-bond acceptors (Lipinski definition) is 7. The van der Waals surface area contributed by atoms with Gasteiger partial charge in [-0.3, -0.25) is 0 Å². The minimum Gasteiger partial charge on any atom is -0.508 e. The van der Waals surface area contributed by atoms with Crippen molar-refractivity contribution in [3.8, 4) is 28.7 Å². The normalized spacial score (nSPS) is 20.4. The van der Waals surface area contributed by atoms with Gasteiger partial charge in [-0.25, -0.2) is 14.9 Å². The fraction of sp³-hybridized carbons (Fsp3) is 0.0500. The molecule has 30 heavy (non-hydrogen) atoms. The molecule has 2 atom stereocenters. The molecule has 0 saturated heterocycles. The van der Waals surface area contributed by atoms with E-state index in [0.717, 1.165) is 0 Å². The highest BCUT2D eigenvalue weighted by atomic mass is 31.2. The van der Waals surface area contributed by atoms with Crippen LogP contribution >= 0.6 is 7.75 Å². The van der Waals surface area contributed by atoms with Crippen LogP contribution in [-0.4, -0.2) is 21.1 Å². The molecule has 0 aromatic heterocycles. The fourth-order valence-electron chi connectivity index (χ4n) is 3.91. The van der Waals surface area contributed by atoms with Crippen LogP contribution in [0.2, 0.25) is 0 Å². The smallest absolute Gasteiger partial charge is 0.453 e. The van der Waals surface area contributed by atoms with Gasteiger partial charge in [-0.15, -0.1) is 0 Å². The van der Waals surface area contributed by atoms with Crippen LogP contribution in [0.3, 0.4) is 0 Å². The van der Waals surface area contributed by atoms with E-state index >= 15 is 0 Å². The fourth-order valence-corrected chi connectivity index (χ4v) is 4.35. The molecule has 2 aliphatic heterocycles. The monoisotopic (exact) mass is 427 g/mol. The number of ether oxygens (including phenoxy) is 2. The topological polar surface area (TPSA) is 149 Å². The molecule has 3 aromatic carbocycles. The Balaban J connectivity index is 1.88. The molecule has 9 nitrogen and oxygen atoms in total. The zero-order valence-electron chi connectivity index (χ0n) is 15.1. The molecule has 2 aliphatic rings. The molecule has 0 bridgehead atoms. The highest BCUT2D eigenvalue weighted by Gasteiger charge is 2.54. The van der Waals surface area contributed by atoms with Gasteiger partial charge in [0.2, 0.25) is 5.75 Å². The van der Waals surface area contributed by atoms with Crippen LogP contribution in [0.5, 0.6) is 28.7 Å². The Labute approximate surface area is 169 Å². The van der Waals surface area contributed by atoms with Crippen molar-refractivity contribution in [1.29, 1.82) is 0 Å². The maximum absolute atomic E-state index is 12.7. The summed E-state index contributed by atoms with van der Waals surface area (Å²) in [5.41, 5.74) is 5.13. The van der Waals surface area contributed by atoms with Crippen LogP contribution in [0, 0.1) is 0 Å². The lowest BCUT2D eigenvalue weighted by Crippen LogP contribution is -2.33. The second-order valence-corrected chi connectivity index (χ2v) is 8.16. The van der Waals surface area contributed by atoms with Gasteiger partial charge in [0.05, 0.1) is 11.1 Å². The van der Waals surface area contributed by atoms with E-state index in [4.69, 9.17) is 19.5 Å². The van der Waals surface area contributed by atoms with Gasteiger partial charge in [-0.05, 0) is 30.3 Å². The molecular weight excluding hydrogens is 413 g/mol. The summed E-state index contributed by atoms with van der Waals surface area (Å²) in [5, 5.41) is 20.2. The predicted molar refractivity (Wildman–Crippen MR) is 103 cm³/mol. The molecule has 0 fully saturated rings. The lowest BCUT2D eigenvalue weighted by atomic mass is 9.77. The predicted octanol–water partition coefficient (Wildman–Crippen LogP) is 3.10. The average molecular weight is 427 g/mol. The second kappa shape index (κ2) is 5.99. The van der Waals surface area contributed by atoms with E-state index < -0.39 is 30.8 Å². The van der Waals surface area contributed by atoms with Crippen molar-refractivity contribution in [3.63, 3.8) is 0 Å². The van der Waals surface area contributed by atoms with Crippen LogP contribution in [0.4, 0.5) is 0 Å². The summed E-state index contributed by atoms with van der Waals surface area (Å²) in [5.74, 6) is -1.78. The third kappa shape index (κ3) is 2.50.